The number of rotatable bonds is 12. The first-order valence-electron chi connectivity index (χ1n) is 11.5. The number of carbonyl (C=O) groups excluding carboxylic acids is 3. The number of carbonyl (C=O) groups is 3. The number of thiophene rings is 1. The van der Waals surface area contributed by atoms with Crippen LogP contribution in [0.15, 0.2) is 53.5 Å². The molecule has 0 aliphatic heterocycles. The summed E-state index contributed by atoms with van der Waals surface area (Å²) in [5.41, 5.74) is 0.626. The third kappa shape index (κ3) is 7.85. The van der Waals surface area contributed by atoms with Gasteiger partial charge in [-0.3, -0.25) is 19.1 Å². The molecular formula is C25H29N3O6S2. The number of nitrogens with one attached hydrogen (secondary N) is 2. The number of esters is 1. The minimum atomic E-state index is -1.02. The number of aromatic nitrogens is 2. The van der Waals surface area contributed by atoms with Gasteiger partial charge in [-0.15, -0.1) is 11.3 Å². The zero-order valence-corrected chi connectivity index (χ0v) is 21.7. The summed E-state index contributed by atoms with van der Waals surface area (Å²) in [5, 5.41) is 12.2. The molecule has 2 heterocycles. The van der Waals surface area contributed by atoms with E-state index < -0.39 is 23.6 Å². The summed E-state index contributed by atoms with van der Waals surface area (Å²) in [6.07, 6.45) is 2.46. The number of hydrogen-bond acceptors (Lipinski definition) is 8. The molecule has 1 amide bonds. The summed E-state index contributed by atoms with van der Waals surface area (Å²) >= 11 is 2.34. The molecule has 0 spiro atoms. The Labute approximate surface area is 216 Å². The van der Waals surface area contributed by atoms with Crippen LogP contribution in [0.5, 0.6) is 5.88 Å². The van der Waals surface area contributed by atoms with Crippen molar-refractivity contribution >= 4 is 40.1 Å². The van der Waals surface area contributed by atoms with E-state index in [1.807, 2.05) is 30.3 Å². The molecule has 0 saturated heterocycles. The van der Waals surface area contributed by atoms with Crippen molar-refractivity contribution in [3.05, 3.63) is 74.5 Å². The highest BCUT2D eigenvalue weighted by atomic mass is 32.2. The largest absolute Gasteiger partial charge is 0.493 e. The van der Waals surface area contributed by atoms with Gasteiger partial charge in [0.25, 0.3) is 0 Å². The number of benzene rings is 1. The molecule has 36 heavy (non-hydrogen) atoms. The number of amides is 1. The van der Waals surface area contributed by atoms with E-state index in [9.17, 15) is 24.3 Å². The van der Waals surface area contributed by atoms with Gasteiger partial charge in [0, 0.05) is 28.3 Å². The standard InChI is InChI=1S/C25H29N3O6S2/c1-3-34-24(32)22(20-12-11-19(36-20)13-28-14-21(30)26-25(28)33)27-23(31)18(15-35-16(2)29)10-9-17-7-5-4-6-8-17/h4-8,11-12,14,18,22,30H,3,9-10,13,15H2,1-2H3,(H,26,33)(H,27,31). The van der Waals surface area contributed by atoms with Crippen LogP contribution >= 0.6 is 23.1 Å². The fraction of sp³-hybridized carbons (Fsp3) is 0.360. The van der Waals surface area contributed by atoms with Crippen LogP contribution in [0.2, 0.25) is 0 Å². The molecule has 9 nitrogen and oxygen atoms in total. The molecule has 11 heteroatoms. The number of nitrogens with zero attached hydrogens (tertiary/aromatic N) is 1. The van der Waals surface area contributed by atoms with Crippen molar-refractivity contribution in [2.45, 2.75) is 39.3 Å². The van der Waals surface area contributed by atoms with E-state index in [-0.39, 0.29) is 30.1 Å². The molecule has 0 aliphatic rings. The van der Waals surface area contributed by atoms with Crippen molar-refractivity contribution in [3.8, 4) is 5.88 Å². The molecule has 2 atom stereocenters. The van der Waals surface area contributed by atoms with E-state index in [2.05, 4.69) is 10.3 Å². The molecule has 0 fully saturated rings. The molecular weight excluding hydrogens is 502 g/mol. The summed E-state index contributed by atoms with van der Waals surface area (Å²) in [6, 6.07) is 12.2. The molecule has 0 radical (unpaired) electrons. The molecule has 0 aliphatic carbocycles. The fourth-order valence-corrected chi connectivity index (χ4v) is 5.37. The Kier molecular flexibility index (Phi) is 9.95. The lowest BCUT2D eigenvalue weighted by Crippen LogP contribution is -2.39. The van der Waals surface area contributed by atoms with Crippen LogP contribution in [0.1, 0.15) is 41.6 Å². The molecule has 2 aromatic heterocycles. The number of H-pyrrole nitrogens is 1. The average Bonchev–Trinajstić information content (AvgIpc) is 3.43. The number of hydrogen-bond donors (Lipinski definition) is 3. The Morgan fingerprint density at radius 3 is 2.58 bits per heavy atom. The van der Waals surface area contributed by atoms with Crippen LogP contribution in [-0.4, -0.2) is 44.0 Å². The lowest BCUT2D eigenvalue weighted by Gasteiger charge is -2.21. The summed E-state index contributed by atoms with van der Waals surface area (Å²) in [5.74, 6) is -1.34. The first-order chi connectivity index (χ1) is 17.3. The van der Waals surface area contributed by atoms with Gasteiger partial charge in [-0.2, -0.15) is 0 Å². The molecule has 0 saturated carbocycles. The maximum Gasteiger partial charge on any atom is 0.334 e. The number of aromatic hydroxyl groups is 1. The quantitative estimate of drug-likeness (QED) is 0.306. The predicted molar refractivity (Wildman–Crippen MR) is 139 cm³/mol. The Morgan fingerprint density at radius 1 is 1.19 bits per heavy atom. The summed E-state index contributed by atoms with van der Waals surface area (Å²) in [7, 11) is 0. The molecule has 0 bridgehead atoms. The van der Waals surface area contributed by atoms with Crippen molar-refractivity contribution < 1.29 is 24.2 Å². The van der Waals surface area contributed by atoms with E-state index in [0.717, 1.165) is 22.2 Å². The van der Waals surface area contributed by atoms with Crippen molar-refractivity contribution in [1.29, 1.82) is 0 Å². The number of aryl methyl sites for hydroxylation is 1. The van der Waals surface area contributed by atoms with Crippen LogP contribution in [0, 0.1) is 5.92 Å². The molecule has 3 N–H and O–H groups in total. The van der Waals surface area contributed by atoms with Crippen LogP contribution in [-0.2, 0) is 32.1 Å². The lowest BCUT2D eigenvalue weighted by molar-refractivity contribution is -0.148. The topological polar surface area (TPSA) is 130 Å². The van der Waals surface area contributed by atoms with Gasteiger partial charge in [0.15, 0.2) is 11.2 Å². The highest BCUT2D eigenvalue weighted by Gasteiger charge is 2.29. The summed E-state index contributed by atoms with van der Waals surface area (Å²) in [4.78, 5) is 53.1. The number of aromatic amines is 1. The first kappa shape index (κ1) is 27.3. The zero-order valence-electron chi connectivity index (χ0n) is 20.1. The second kappa shape index (κ2) is 13.1. The van der Waals surface area contributed by atoms with Crippen molar-refractivity contribution in [1.82, 2.24) is 14.9 Å². The molecule has 192 valence electrons. The van der Waals surface area contributed by atoms with Crippen molar-refractivity contribution in [2.24, 2.45) is 5.92 Å². The number of ether oxygens (including phenoxy) is 1. The number of imidazole rings is 1. The van der Waals surface area contributed by atoms with Gasteiger partial charge in [0.2, 0.25) is 11.8 Å². The van der Waals surface area contributed by atoms with Crippen LogP contribution < -0.4 is 11.0 Å². The van der Waals surface area contributed by atoms with Gasteiger partial charge in [0.1, 0.15) is 0 Å². The average molecular weight is 532 g/mol. The molecule has 3 aromatic rings. The maximum absolute atomic E-state index is 13.3. The van der Waals surface area contributed by atoms with Crippen LogP contribution in [0.4, 0.5) is 0 Å². The number of thioether (sulfide) groups is 1. The summed E-state index contributed by atoms with van der Waals surface area (Å²) in [6.45, 7) is 3.49. The zero-order chi connectivity index (χ0) is 26.1. The Bertz CT molecular complexity index is 1230. The Hall–Kier alpha value is -3.31. The van der Waals surface area contributed by atoms with Gasteiger partial charge in [-0.05, 0) is 37.5 Å². The first-order valence-corrected chi connectivity index (χ1v) is 13.3. The highest BCUT2D eigenvalue weighted by Crippen LogP contribution is 2.27. The van der Waals surface area contributed by atoms with E-state index in [4.69, 9.17) is 4.74 Å². The van der Waals surface area contributed by atoms with Gasteiger partial charge in [0.05, 0.1) is 19.3 Å². The normalized spacial score (nSPS) is 12.6. The van der Waals surface area contributed by atoms with Gasteiger partial charge < -0.3 is 15.2 Å². The van der Waals surface area contributed by atoms with Gasteiger partial charge >= 0.3 is 11.7 Å². The molecule has 2 unspecified atom stereocenters. The third-order valence-electron chi connectivity index (χ3n) is 5.36. The fourth-order valence-electron chi connectivity index (χ4n) is 3.57. The van der Waals surface area contributed by atoms with Crippen LogP contribution in [0.25, 0.3) is 0 Å². The van der Waals surface area contributed by atoms with E-state index in [1.54, 1.807) is 19.1 Å². The Balaban J connectivity index is 1.76. The van der Waals surface area contributed by atoms with Crippen molar-refractivity contribution in [3.63, 3.8) is 0 Å². The maximum atomic E-state index is 13.3. The SMILES string of the molecule is CCOC(=O)C(NC(=O)C(CCc1ccccc1)CSC(C)=O)c1ccc(Cn2cc(O)[nH]c2=O)s1. The smallest absolute Gasteiger partial charge is 0.334 e. The Morgan fingerprint density at radius 2 is 1.94 bits per heavy atom. The summed E-state index contributed by atoms with van der Waals surface area (Å²) < 4.78 is 6.52. The molecule has 3 rings (SSSR count). The third-order valence-corrected chi connectivity index (χ3v) is 7.47. The highest BCUT2D eigenvalue weighted by molar-refractivity contribution is 8.13. The van der Waals surface area contributed by atoms with Gasteiger partial charge in [-0.1, -0.05) is 42.1 Å². The van der Waals surface area contributed by atoms with E-state index in [1.165, 1.54) is 29.0 Å². The van der Waals surface area contributed by atoms with Crippen LogP contribution in [0.3, 0.4) is 0 Å². The minimum Gasteiger partial charge on any atom is -0.493 e. The monoisotopic (exact) mass is 531 g/mol. The second-order valence-corrected chi connectivity index (χ2v) is 10.5. The lowest BCUT2D eigenvalue weighted by atomic mass is 9.99. The second-order valence-electron chi connectivity index (χ2n) is 8.09. The van der Waals surface area contributed by atoms with Crippen molar-refractivity contribution in [2.75, 3.05) is 12.4 Å². The molecule has 1 aromatic carbocycles. The minimum absolute atomic E-state index is 0.0802. The van der Waals surface area contributed by atoms with E-state index in [0.29, 0.717) is 23.5 Å². The van der Waals surface area contributed by atoms with Gasteiger partial charge in [-0.25, -0.2) is 9.59 Å². The van der Waals surface area contributed by atoms with E-state index >= 15 is 0 Å². The predicted octanol–water partition coefficient (Wildman–Crippen LogP) is 3.24.